The van der Waals surface area contributed by atoms with Crippen molar-refractivity contribution >= 4 is 63.4 Å². The van der Waals surface area contributed by atoms with Crippen LogP contribution in [0.3, 0.4) is 0 Å². The van der Waals surface area contributed by atoms with E-state index in [4.69, 9.17) is 44.6 Å². The highest BCUT2D eigenvalue weighted by Gasteiger charge is 2.18. The summed E-state index contributed by atoms with van der Waals surface area (Å²) in [6, 6.07) is 9.03. The zero-order chi connectivity index (χ0) is 21.4. The first kappa shape index (κ1) is 20.9. The van der Waals surface area contributed by atoms with Gasteiger partial charge in [0.1, 0.15) is 5.75 Å². The van der Waals surface area contributed by atoms with Crippen LogP contribution < -0.4 is 14.9 Å². The molecular formula is C20H15Cl3N4O2S. The lowest BCUT2D eigenvalue weighted by atomic mass is 10.1. The number of carbonyl (C=O) groups excluding carboxylic acids is 1. The maximum atomic E-state index is 11.7. The van der Waals surface area contributed by atoms with Gasteiger partial charge in [0.15, 0.2) is 6.61 Å². The van der Waals surface area contributed by atoms with E-state index < -0.39 is 0 Å². The van der Waals surface area contributed by atoms with Crippen molar-refractivity contribution in [1.82, 2.24) is 4.68 Å². The quantitative estimate of drug-likeness (QED) is 0.407. The molecule has 1 aliphatic rings. The van der Waals surface area contributed by atoms with Gasteiger partial charge in [-0.15, -0.1) is 11.3 Å². The Balaban J connectivity index is 1.82. The van der Waals surface area contributed by atoms with Crippen LogP contribution in [0, 0.1) is 0 Å². The highest BCUT2D eigenvalue weighted by molar-refractivity contribution is 7.07. The predicted molar refractivity (Wildman–Crippen MR) is 122 cm³/mol. The fourth-order valence-corrected chi connectivity index (χ4v) is 4.47. The summed E-state index contributed by atoms with van der Waals surface area (Å²) in [6.07, 6.45) is 0. The second-order valence-corrected chi connectivity index (χ2v) is 8.39. The number of aromatic nitrogens is 1. The molecular weight excluding hydrogens is 467 g/mol. The van der Waals surface area contributed by atoms with Gasteiger partial charge in [-0.2, -0.15) is 5.10 Å². The molecule has 0 saturated heterocycles. The lowest BCUT2D eigenvalue weighted by molar-refractivity contribution is -0.118. The largest absolute Gasteiger partial charge is 0.482 e. The number of amides is 1. The second-order valence-electron chi connectivity index (χ2n) is 6.40. The predicted octanol–water partition coefficient (Wildman–Crippen LogP) is 5.31. The van der Waals surface area contributed by atoms with Gasteiger partial charge in [0.2, 0.25) is 4.80 Å². The molecule has 0 aliphatic carbocycles. The molecule has 0 fully saturated rings. The first-order valence-corrected chi connectivity index (χ1v) is 10.8. The molecule has 1 amide bonds. The van der Waals surface area contributed by atoms with E-state index in [1.54, 1.807) is 23.9 Å². The minimum Gasteiger partial charge on any atom is -0.482 e. The normalized spacial score (nSPS) is 14.4. The monoisotopic (exact) mass is 480 g/mol. The number of nitrogens with zero attached hydrogens (tertiary/aromatic N) is 3. The Morgan fingerprint density at radius 1 is 1.20 bits per heavy atom. The van der Waals surface area contributed by atoms with Crippen molar-refractivity contribution in [1.29, 1.82) is 0 Å². The third kappa shape index (κ3) is 3.86. The Morgan fingerprint density at radius 3 is 2.77 bits per heavy atom. The molecule has 1 N–H and O–H groups in total. The summed E-state index contributed by atoms with van der Waals surface area (Å²) in [5.74, 6) is 0.438. The molecule has 4 rings (SSSR count). The van der Waals surface area contributed by atoms with Gasteiger partial charge in [-0.1, -0.05) is 40.9 Å². The van der Waals surface area contributed by atoms with Gasteiger partial charge in [-0.3, -0.25) is 9.79 Å². The van der Waals surface area contributed by atoms with E-state index >= 15 is 0 Å². The van der Waals surface area contributed by atoms with Gasteiger partial charge < -0.3 is 10.1 Å². The second kappa shape index (κ2) is 8.43. The number of hydrogen-bond acceptors (Lipinski definition) is 5. The van der Waals surface area contributed by atoms with Gasteiger partial charge in [-0.25, -0.2) is 4.68 Å². The highest BCUT2D eigenvalue weighted by Crippen LogP contribution is 2.34. The van der Waals surface area contributed by atoms with Crippen LogP contribution in [0.25, 0.3) is 11.3 Å². The van der Waals surface area contributed by atoms with Crippen LogP contribution in [0.1, 0.15) is 12.5 Å². The summed E-state index contributed by atoms with van der Waals surface area (Å²) in [7, 11) is 1.70. The third-order valence-electron chi connectivity index (χ3n) is 4.46. The molecule has 0 spiro atoms. The van der Waals surface area contributed by atoms with Crippen LogP contribution in [-0.4, -0.2) is 29.9 Å². The van der Waals surface area contributed by atoms with E-state index in [9.17, 15) is 4.79 Å². The van der Waals surface area contributed by atoms with Gasteiger partial charge in [0.05, 0.1) is 32.2 Å². The van der Waals surface area contributed by atoms with Gasteiger partial charge >= 0.3 is 0 Å². The standard InChI is InChI=1S/C20H15Cl3N4O2S/c1-10(12-4-5-13(21)19(23)18(12)22)26-27-15(9-30-20(27)24-2)11-3-6-16-14(7-11)25-17(28)8-29-16/h3-7,9H,8H2,1-2H3,(H,25,28). The molecule has 6 nitrogen and oxygen atoms in total. The van der Waals surface area contributed by atoms with E-state index in [2.05, 4.69) is 10.3 Å². The number of ether oxygens (including phenoxy) is 1. The number of carbonyl (C=O) groups is 1. The number of rotatable bonds is 3. The molecule has 3 aromatic rings. The van der Waals surface area contributed by atoms with Gasteiger partial charge in [0, 0.05) is 23.6 Å². The first-order valence-electron chi connectivity index (χ1n) is 8.79. The molecule has 154 valence electrons. The maximum Gasteiger partial charge on any atom is 0.262 e. The van der Waals surface area contributed by atoms with E-state index in [0.29, 0.717) is 37.6 Å². The van der Waals surface area contributed by atoms with E-state index in [-0.39, 0.29) is 17.5 Å². The highest BCUT2D eigenvalue weighted by atomic mass is 35.5. The number of nitrogens with one attached hydrogen (secondary N) is 1. The van der Waals surface area contributed by atoms with Crippen LogP contribution in [0.15, 0.2) is 45.8 Å². The van der Waals surface area contributed by atoms with Crippen molar-refractivity contribution in [2.45, 2.75) is 6.92 Å². The molecule has 1 aromatic heterocycles. The number of fused-ring (bicyclic) bond motifs is 1. The molecule has 1 aliphatic heterocycles. The van der Waals surface area contributed by atoms with Crippen molar-refractivity contribution in [3.63, 3.8) is 0 Å². The molecule has 0 radical (unpaired) electrons. The van der Waals surface area contributed by atoms with E-state index in [1.807, 2.05) is 30.5 Å². The minimum atomic E-state index is -0.190. The molecule has 2 aromatic carbocycles. The number of hydrogen-bond donors (Lipinski definition) is 1. The van der Waals surface area contributed by atoms with Crippen LogP contribution >= 0.6 is 46.1 Å². The van der Waals surface area contributed by atoms with Crippen LogP contribution in [0.2, 0.25) is 15.1 Å². The Kier molecular flexibility index (Phi) is 5.88. The molecule has 0 unspecified atom stereocenters. The van der Waals surface area contributed by atoms with E-state index in [1.165, 1.54) is 11.3 Å². The number of thiazole rings is 1. The van der Waals surface area contributed by atoms with E-state index in [0.717, 1.165) is 11.3 Å². The summed E-state index contributed by atoms with van der Waals surface area (Å²) < 4.78 is 7.17. The van der Waals surface area contributed by atoms with Crippen molar-refractivity contribution in [3.05, 3.63) is 61.1 Å². The lowest BCUT2D eigenvalue weighted by Crippen LogP contribution is -2.25. The van der Waals surface area contributed by atoms with Crippen molar-refractivity contribution < 1.29 is 9.53 Å². The van der Waals surface area contributed by atoms with Crippen LogP contribution in [0.5, 0.6) is 5.75 Å². The molecule has 0 saturated carbocycles. The number of benzene rings is 2. The number of anilines is 1. The Morgan fingerprint density at radius 2 is 2.00 bits per heavy atom. The van der Waals surface area contributed by atoms with Crippen molar-refractivity contribution in [3.8, 4) is 17.0 Å². The molecule has 0 bridgehead atoms. The van der Waals surface area contributed by atoms with Gasteiger partial charge in [0.25, 0.3) is 5.91 Å². The lowest BCUT2D eigenvalue weighted by Gasteiger charge is -2.18. The Labute approximate surface area is 191 Å². The molecule has 10 heteroatoms. The van der Waals surface area contributed by atoms with Crippen LogP contribution in [0.4, 0.5) is 5.69 Å². The Bertz CT molecular complexity index is 1260. The summed E-state index contributed by atoms with van der Waals surface area (Å²) >= 11 is 20.0. The number of halogens is 3. The SMILES string of the molecule is CN=c1scc(-c2ccc3c(c2)NC(=O)CO3)n1N=C(C)c1ccc(Cl)c(Cl)c1Cl. The van der Waals surface area contributed by atoms with Crippen LogP contribution in [-0.2, 0) is 4.79 Å². The zero-order valence-electron chi connectivity index (χ0n) is 15.9. The fourth-order valence-electron chi connectivity index (χ4n) is 3.00. The summed E-state index contributed by atoms with van der Waals surface area (Å²) in [4.78, 5) is 16.7. The van der Waals surface area contributed by atoms with Crippen molar-refractivity contribution in [2.75, 3.05) is 19.0 Å². The Hall–Kier alpha value is -2.32. The third-order valence-corrected chi connectivity index (χ3v) is 6.66. The maximum absolute atomic E-state index is 11.7. The average Bonchev–Trinajstić information content (AvgIpc) is 3.13. The topological polar surface area (TPSA) is 68.0 Å². The summed E-state index contributed by atoms with van der Waals surface area (Å²) in [5, 5.41) is 10.5. The summed E-state index contributed by atoms with van der Waals surface area (Å²) in [5.41, 5.74) is 3.58. The first-order chi connectivity index (χ1) is 14.4. The zero-order valence-corrected chi connectivity index (χ0v) is 19.0. The minimum absolute atomic E-state index is 0.0115. The van der Waals surface area contributed by atoms with Gasteiger partial charge in [-0.05, 0) is 31.2 Å². The smallest absolute Gasteiger partial charge is 0.262 e. The summed E-state index contributed by atoms with van der Waals surface area (Å²) in [6.45, 7) is 1.85. The molecule has 0 atom stereocenters. The molecule has 30 heavy (non-hydrogen) atoms. The molecule has 2 heterocycles. The fraction of sp³-hybridized carbons (Fsp3) is 0.150. The average molecular weight is 482 g/mol. The van der Waals surface area contributed by atoms with Crippen molar-refractivity contribution in [2.24, 2.45) is 10.1 Å².